The van der Waals surface area contributed by atoms with Gasteiger partial charge in [0, 0.05) is 19.8 Å². The number of anilines is 1. The molecular formula is C14H18ClN3O3. The van der Waals surface area contributed by atoms with Gasteiger partial charge in [-0.1, -0.05) is 11.6 Å². The summed E-state index contributed by atoms with van der Waals surface area (Å²) in [6, 6.07) is 3.00. The number of likely N-dealkylation sites (tertiary alicyclic amines) is 1. The van der Waals surface area contributed by atoms with E-state index in [1.807, 2.05) is 0 Å². The zero-order chi connectivity index (χ0) is 15.4. The molecule has 1 unspecified atom stereocenters. The van der Waals surface area contributed by atoms with Crippen molar-refractivity contribution in [2.45, 2.75) is 18.9 Å². The molecule has 1 aliphatic rings. The molecule has 7 heteroatoms. The molecule has 1 fully saturated rings. The molecule has 114 valence electrons. The van der Waals surface area contributed by atoms with Crippen LogP contribution in [0.3, 0.4) is 0 Å². The zero-order valence-corrected chi connectivity index (χ0v) is 12.8. The highest BCUT2D eigenvalue weighted by atomic mass is 35.5. The third-order valence-corrected chi connectivity index (χ3v) is 3.75. The van der Waals surface area contributed by atoms with Crippen LogP contribution in [0.1, 0.15) is 12.8 Å². The van der Waals surface area contributed by atoms with E-state index in [-0.39, 0.29) is 18.4 Å². The Kier molecular flexibility index (Phi) is 5.01. The van der Waals surface area contributed by atoms with Crippen molar-refractivity contribution < 1.29 is 14.3 Å². The number of amides is 1. The molecule has 6 nitrogen and oxygen atoms in total. The molecule has 2 heterocycles. The van der Waals surface area contributed by atoms with Crippen molar-refractivity contribution in [1.29, 1.82) is 0 Å². The highest BCUT2D eigenvalue weighted by Crippen LogP contribution is 2.19. The van der Waals surface area contributed by atoms with Crippen molar-refractivity contribution in [2.75, 3.05) is 32.1 Å². The average Bonchev–Trinajstić information content (AvgIpc) is 2.96. The van der Waals surface area contributed by atoms with Gasteiger partial charge in [-0.15, -0.1) is 0 Å². The lowest BCUT2D eigenvalue weighted by Crippen LogP contribution is -2.45. The number of esters is 1. The molecule has 1 amide bonds. The van der Waals surface area contributed by atoms with E-state index in [2.05, 4.69) is 4.98 Å². The summed E-state index contributed by atoms with van der Waals surface area (Å²) < 4.78 is 4.74. The van der Waals surface area contributed by atoms with E-state index >= 15 is 0 Å². The minimum Gasteiger partial charge on any atom is -0.467 e. The lowest BCUT2D eigenvalue weighted by Gasteiger charge is -2.26. The van der Waals surface area contributed by atoms with Gasteiger partial charge in [-0.2, -0.15) is 0 Å². The first-order valence-corrected chi connectivity index (χ1v) is 7.10. The maximum absolute atomic E-state index is 12.3. The fourth-order valence-electron chi connectivity index (χ4n) is 2.41. The average molecular weight is 312 g/mol. The Morgan fingerprint density at radius 1 is 1.52 bits per heavy atom. The van der Waals surface area contributed by atoms with Gasteiger partial charge < -0.3 is 14.5 Å². The van der Waals surface area contributed by atoms with E-state index in [0.29, 0.717) is 23.8 Å². The summed E-state index contributed by atoms with van der Waals surface area (Å²) in [5.41, 5.74) is 0. The summed E-state index contributed by atoms with van der Waals surface area (Å²) in [7, 11) is 3.12. The molecule has 2 rings (SSSR count). The van der Waals surface area contributed by atoms with Crippen molar-refractivity contribution in [3.63, 3.8) is 0 Å². The van der Waals surface area contributed by atoms with Crippen LogP contribution in [0.5, 0.6) is 0 Å². The van der Waals surface area contributed by atoms with Gasteiger partial charge in [0.1, 0.15) is 11.9 Å². The lowest BCUT2D eigenvalue weighted by molar-refractivity contribution is -0.150. The van der Waals surface area contributed by atoms with E-state index in [4.69, 9.17) is 16.3 Å². The largest absolute Gasteiger partial charge is 0.467 e. The molecule has 0 radical (unpaired) electrons. The minimum atomic E-state index is -0.464. The standard InChI is InChI=1S/C14H18ClN3O3/c1-17(12-6-5-10(15)8-16-12)9-13(19)18-7-3-4-11(18)14(20)21-2/h5-6,8,11H,3-4,7,9H2,1-2H3. The van der Waals surface area contributed by atoms with Crippen molar-refractivity contribution in [3.05, 3.63) is 23.4 Å². The molecule has 0 spiro atoms. The number of ether oxygens (including phenoxy) is 1. The predicted molar refractivity (Wildman–Crippen MR) is 79.3 cm³/mol. The van der Waals surface area contributed by atoms with Crippen molar-refractivity contribution in [3.8, 4) is 0 Å². The Morgan fingerprint density at radius 2 is 2.29 bits per heavy atom. The molecule has 0 N–H and O–H groups in total. The summed E-state index contributed by atoms with van der Waals surface area (Å²) in [5.74, 6) is 0.192. The Bertz CT molecular complexity index is 521. The lowest BCUT2D eigenvalue weighted by atomic mass is 10.2. The molecule has 1 aromatic heterocycles. The number of aromatic nitrogens is 1. The molecule has 0 bridgehead atoms. The van der Waals surface area contributed by atoms with Gasteiger partial charge in [-0.05, 0) is 25.0 Å². The van der Waals surface area contributed by atoms with Gasteiger partial charge in [-0.3, -0.25) is 4.79 Å². The van der Waals surface area contributed by atoms with Crippen LogP contribution in [0.2, 0.25) is 5.02 Å². The Balaban J connectivity index is 2.00. The van der Waals surface area contributed by atoms with Gasteiger partial charge in [-0.25, -0.2) is 9.78 Å². The van der Waals surface area contributed by atoms with Crippen molar-refractivity contribution in [2.24, 2.45) is 0 Å². The van der Waals surface area contributed by atoms with Crippen LogP contribution in [0.25, 0.3) is 0 Å². The second-order valence-electron chi connectivity index (χ2n) is 4.96. The number of rotatable bonds is 4. The van der Waals surface area contributed by atoms with Gasteiger partial charge in [0.15, 0.2) is 0 Å². The topological polar surface area (TPSA) is 62.7 Å². The molecule has 0 aliphatic carbocycles. The fraction of sp³-hybridized carbons (Fsp3) is 0.500. The highest BCUT2D eigenvalue weighted by Gasteiger charge is 2.34. The van der Waals surface area contributed by atoms with Crippen molar-refractivity contribution in [1.82, 2.24) is 9.88 Å². The summed E-state index contributed by atoms with van der Waals surface area (Å²) >= 11 is 5.79. The molecular weight excluding hydrogens is 294 g/mol. The quantitative estimate of drug-likeness (QED) is 0.785. The third kappa shape index (κ3) is 3.64. The smallest absolute Gasteiger partial charge is 0.328 e. The molecule has 1 aromatic rings. The summed E-state index contributed by atoms with van der Waals surface area (Å²) in [4.78, 5) is 31.5. The van der Waals surface area contributed by atoms with Crippen LogP contribution < -0.4 is 4.90 Å². The number of methoxy groups -OCH3 is 1. The van der Waals surface area contributed by atoms with Gasteiger partial charge in [0.05, 0.1) is 18.7 Å². The van der Waals surface area contributed by atoms with Gasteiger partial charge in [0.25, 0.3) is 0 Å². The third-order valence-electron chi connectivity index (χ3n) is 3.52. The van der Waals surface area contributed by atoms with E-state index in [1.54, 1.807) is 29.0 Å². The molecule has 0 saturated carbocycles. The number of carbonyl (C=O) groups is 2. The fourth-order valence-corrected chi connectivity index (χ4v) is 2.53. The number of pyridine rings is 1. The Hall–Kier alpha value is -1.82. The van der Waals surface area contributed by atoms with Crippen LogP contribution >= 0.6 is 11.6 Å². The number of likely N-dealkylation sites (N-methyl/N-ethyl adjacent to an activating group) is 1. The van der Waals surface area contributed by atoms with Crippen molar-refractivity contribution >= 4 is 29.3 Å². The monoisotopic (exact) mass is 311 g/mol. The Morgan fingerprint density at radius 3 is 2.90 bits per heavy atom. The minimum absolute atomic E-state index is 0.109. The molecule has 21 heavy (non-hydrogen) atoms. The van der Waals surface area contributed by atoms with E-state index < -0.39 is 6.04 Å². The normalized spacial score (nSPS) is 17.7. The highest BCUT2D eigenvalue weighted by molar-refractivity contribution is 6.30. The van der Waals surface area contributed by atoms with E-state index in [1.165, 1.54) is 13.3 Å². The molecule has 1 aliphatic heterocycles. The number of nitrogens with zero attached hydrogens (tertiary/aromatic N) is 3. The number of carbonyl (C=O) groups excluding carboxylic acids is 2. The maximum atomic E-state index is 12.3. The van der Waals surface area contributed by atoms with Gasteiger partial charge >= 0.3 is 5.97 Å². The summed E-state index contributed by atoms with van der Waals surface area (Å²) in [6.45, 7) is 0.739. The zero-order valence-electron chi connectivity index (χ0n) is 12.1. The summed E-state index contributed by atoms with van der Waals surface area (Å²) in [5, 5.41) is 0.545. The second kappa shape index (κ2) is 6.76. The number of hydrogen-bond acceptors (Lipinski definition) is 5. The molecule has 1 saturated heterocycles. The van der Waals surface area contributed by atoms with E-state index in [0.717, 1.165) is 6.42 Å². The van der Waals surface area contributed by atoms with E-state index in [9.17, 15) is 9.59 Å². The van der Waals surface area contributed by atoms with Crippen LogP contribution in [0.4, 0.5) is 5.82 Å². The molecule has 0 aromatic carbocycles. The van der Waals surface area contributed by atoms with Crippen LogP contribution in [0.15, 0.2) is 18.3 Å². The Labute approximate surface area is 128 Å². The predicted octanol–water partition coefficient (Wildman–Crippen LogP) is 1.34. The number of hydrogen-bond donors (Lipinski definition) is 0. The first kappa shape index (κ1) is 15.6. The summed E-state index contributed by atoms with van der Waals surface area (Å²) in [6.07, 6.45) is 3.00. The van der Waals surface area contributed by atoms with Gasteiger partial charge in [0.2, 0.25) is 5.91 Å². The number of halogens is 1. The second-order valence-corrected chi connectivity index (χ2v) is 5.40. The SMILES string of the molecule is COC(=O)C1CCCN1C(=O)CN(C)c1ccc(Cl)cn1. The maximum Gasteiger partial charge on any atom is 0.328 e. The van der Waals surface area contributed by atoms with Crippen LogP contribution in [-0.2, 0) is 14.3 Å². The molecule has 1 atom stereocenters. The first-order valence-electron chi connectivity index (χ1n) is 6.73. The van der Waals surface area contributed by atoms with Crippen LogP contribution in [0, 0.1) is 0 Å². The first-order chi connectivity index (χ1) is 10.0. The van der Waals surface area contributed by atoms with Crippen LogP contribution in [-0.4, -0.2) is 55.0 Å².